The minimum absolute atomic E-state index is 0.0833. The Morgan fingerprint density at radius 3 is 2.42 bits per heavy atom. The summed E-state index contributed by atoms with van der Waals surface area (Å²) in [6.07, 6.45) is 0.840. The second kappa shape index (κ2) is 5.76. The predicted octanol–water partition coefficient (Wildman–Crippen LogP) is 3.83. The Kier molecular flexibility index (Phi) is 4.07. The molecule has 0 aromatic heterocycles. The summed E-state index contributed by atoms with van der Waals surface area (Å²) in [6, 6.07) is 12.2. The maximum absolute atomic E-state index is 9.93. The minimum Gasteiger partial charge on any atom is -0.507 e. The number of aryl methyl sites for hydroxylation is 1. The van der Waals surface area contributed by atoms with Crippen LogP contribution in [0.1, 0.15) is 23.6 Å². The van der Waals surface area contributed by atoms with Gasteiger partial charge in [-0.25, -0.2) is 0 Å². The summed E-state index contributed by atoms with van der Waals surface area (Å²) >= 11 is 5.83. The van der Waals surface area contributed by atoms with Gasteiger partial charge in [-0.1, -0.05) is 41.9 Å². The van der Waals surface area contributed by atoms with E-state index in [4.69, 9.17) is 11.6 Å². The molecule has 4 heteroatoms. The van der Waals surface area contributed by atoms with Gasteiger partial charge in [0.2, 0.25) is 0 Å². The summed E-state index contributed by atoms with van der Waals surface area (Å²) < 4.78 is 0. The van der Waals surface area contributed by atoms with Crippen molar-refractivity contribution in [2.24, 2.45) is 5.16 Å². The Morgan fingerprint density at radius 2 is 1.84 bits per heavy atom. The number of hydrogen-bond donors (Lipinski definition) is 2. The fourth-order valence-corrected chi connectivity index (χ4v) is 1.99. The third-order valence-electron chi connectivity index (χ3n) is 2.94. The van der Waals surface area contributed by atoms with Crippen molar-refractivity contribution in [2.45, 2.75) is 13.3 Å². The van der Waals surface area contributed by atoms with Gasteiger partial charge in [-0.05, 0) is 36.2 Å². The van der Waals surface area contributed by atoms with Gasteiger partial charge in [0.1, 0.15) is 11.5 Å². The highest BCUT2D eigenvalue weighted by Crippen LogP contribution is 2.23. The van der Waals surface area contributed by atoms with Crippen molar-refractivity contribution in [2.75, 3.05) is 0 Å². The lowest BCUT2D eigenvalue weighted by molar-refractivity contribution is 0.319. The van der Waals surface area contributed by atoms with Gasteiger partial charge in [0.15, 0.2) is 0 Å². The average molecular weight is 276 g/mol. The van der Waals surface area contributed by atoms with Crippen LogP contribution in [0.15, 0.2) is 47.6 Å². The van der Waals surface area contributed by atoms with Gasteiger partial charge in [0.25, 0.3) is 0 Å². The molecule has 98 valence electrons. The number of halogens is 1. The van der Waals surface area contributed by atoms with Crippen molar-refractivity contribution >= 4 is 17.3 Å². The fraction of sp³-hybridized carbons (Fsp3) is 0.133. The molecule has 0 atom stereocenters. The van der Waals surface area contributed by atoms with Gasteiger partial charge in [-0.2, -0.15) is 0 Å². The maximum atomic E-state index is 9.93. The first-order chi connectivity index (χ1) is 9.15. The maximum Gasteiger partial charge on any atom is 0.125 e. The van der Waals surface area contributed by atoms with Gasteiger partial charge in [-0.3, -0.25) is 0 Å². The second-order valence-electron chi connectivity index (χ2n) is 4.16. The van der Waals surface area contributed by atoms with E-state index in [1.54, 1.807) is 30.3 Å². The van der Waals surface area contributed by atoms with Crippen molar-refractivity contribution in [3.63, 3.8) is 0 Å². The van der Waals surface area contributed by atoms with Crippen LogP contribution in [0.25, 0.3) is 0 Å². The lowest BCUT2D eigenvalue weighted by Crippen LogP contribution is -2.04. The highest BCUT2D eigenvalue weighted by Gasteiger charge is 2.13. The lowest BCUT2D eigenvalue weighted by Gasteiger charge is -2.09. The van der Waals surface area contributed by atoms with E-state index in [1.165, 1.54) is 0 Å². The second-order valence-corrected chi connectivity index (χ2v) is 4.60. The third kappa shape index (κ3) is 2.88. The molecular formula is C15H14ClNO2. The van der Waals surface area contributed by atoms with Crippen molar-refractivity contribution in [3.05, 3.63) is 64.2 Å². The van der Waals surface area contributed by atoms with E-state index in [0.29, 0.717) is 21.9 Å². The minimum atomic E-state index is 0.0833. The molecular weight excluding hydrogens is 262 g/mol. The van der Waals surface area contributed by atoms with Crippen LogP contribution in [-0.4, -0.2) is 16.0 Å². The smallest absolute Gasteiger partial charge is 0.125 e. The number of nitrogens with zero attached hydrogens (tertiary/aromatic N) is 1. The van der Waals surface area contributed by atoms with Crippen molar-refractivity contribution < 1.29 is 10.3 Å². The van der Waals surface area contributed by atoms with E-state index in [9.17, 15) is 10.3 Å². The molecule has 19 heavy (non-hydrogen) atoms. The normalized spacial score (nSPS) is 11.6. The van der Waals surface area contributed by atoms with Crippen LogP contribution in [0.4, 0.5) is 0 Å². The first-order valence-corrected chi connectivity index (χ1v) is 6.33. The van der Waals surface area contributed by atoms with Crippen molar-refractivity contribution in [1.29, 1.82) is 0 Å². The number of phenols is 1. The zero-order chi connectivity index (χ0) is 13.8. The van der Waals surface area contributed by atoms with E-state index < -0.39 is 0 Å². The Labute approximate surface area is 116 Å². The molecule has 0 saturated heterocycles. The molecule has 0 radical (unpaired) electrons. The van der Waals surface area contributed by atoms with E-state index in [-0.39, 0.29) is 5.75 Å². The van der Waals surface area contributed by atoms with Crippen LogP contribution in [0.5, 0.6) is 5.75 Å². The van der Waals surface area contributed by atoms with Gasteiger partial charge in [0.05, 0.1) is 0 Å². The summed E-state index contributed by atoms with van der Waals surface area (Å²) in [5.74, 6) is 0.0833. The number of hydrogen-bond acceptors (Lipinski definition) is 3. The van der Waals surface area contributed by atoms with E-state index in [2.05, 4.69) is 5.16 Å². The average Bonchev–Trinajstić information content (AvgIpc) is 2.43. The number of oxime groups is 1. The highest BCUT2D eigenvalue weighted by atomic mass is 35.5. The first kappa shape index (κ1) is 13.4. The zero-order valence-electron chi connectivity index (χ0n) is 10.5. The third-order valence-corrected chi connectivity index (χ3v) is 3.19. The molecule has 0 fully saturated rings. The molecule has 0 aliphatic heterocycles. The number of rotatable bonds is 3. The molecule has 0 aliphatic carbocycles. The van der Waals surface area contributed by atoms with E-state index >= 15 is 0 Å². The molecule has 0 heterocycles. The summed E-state index contributed by atoms with van der Waals surface area (Å²) in [5.41, 5.74) is 2.58. The molecule has 0 aliphatic rings. The van der Waals surface area contributed by atoms with Crippen molar-refractivity contribution in [1.82, 2.24) is 0 Å². The van der Waals surface area contributed by atoms with Crippen LogP contribution in [-0.2, 0) is 6.42 Å². The summed E-state index contributed by atoms with van der Waals surface area (Å²) in [7, 11) is 0. The molecule has 3 nitrogen and oxygen atoms in total. The summed E-state index contributed by atoms with van der Waals surface area (Å²) in [4.78, 5) is 0. The van der Waals surface area contributed by atoms with Crippen LogP contribution >= 0.6 is 11.6 Å². The van der Waals surface area contributed by atoms with Crippen LogP contribution in [0.2, 0.25) is 5.02 Å². The molecule has 2 N–H and O–H groups in total. The Bertz CT molecular complexity index is 606. The molecule has 0 amide bonds. The van der Waals surface area contributed by atoms with Gasteiger partial charge in [-0.15, -0.1) is 0 Å². The van der Waals surface area contributed by atoms with Crippen LogP contribution in [0, 0.1) is 0 Å². The fourth-order valence-electron chi connectivity index (χ4n) is 1.87. The van der Waals surface area contributed by atoms with Crippen LogP contribution in [0.3, 0.4) is 0 Å². The molecule has 0 unspecified atom stereocenters. The molecule has 2 aromatic rings. The number of phenolic OH excluding ortho intramolecular Hbond substituents is 1. The summed E-state index contributed by atoms with van der Waals surface area (Å²) in [6.45, 7) is 2.02. The number of aromatic hydroxyl groups is 1. The monoisotopic (exact) mass is 275 g/mol. The first-order valence-electron chi connectivity index (χ1n) is 5.96. The Hall–Kier alpha value is -2.00. The molecule has 2 rings (SSSR count). The predicted molar refractivity (Wildman–Crippen MR) is 76.4 cm³/mol. The SMILES string of the molecule is CCc1ccc(O)c(/C(=N/O)c2ccc(Cl)cc2)c1. The quantitative estimate of drug-likeness (QED) is 0.508. The molecule has 0 bridgehead atoms. The van der Waals surface area contributed by atoms with E-state index in [0.717, 1.165) is 12.0 Å². The van der Waals surface area contributed by atoms with Gasteiger partial charge in [0, 0.05) is 16.1 Å². The van der Waals surface area contributed by atoms with Crippen LogP contribution < -0.4 is 0 Å². The van der Waals surface area contributed by atoms with Crippen molar-refractivity contribution in [3.8, 4) is 5.75 Å². The lowest BCUT2D eigenvalue weighted by atomic mass is 9.99. The zero-order valence-corrected chi connectivity index (χ0v) is 11.2. The Balaban J connectivity index is 2.51. The Morgan fingerprint density at radius 1 is 1.16 bits per heavy atom. The molecule has 2 aromatic carbocycles. The molecule has 0 saturated carbocycles. The largest absolute Gasteiger partial charge is 0.507 e. The molecule has 0 spiro atoms. The highest BCUT2D eigenvalue weighted by molar-refractivity contribution is 6.30. The standard InChI is InChI=1S/C15H14ClNO2/c1-2-10-3-8-14(18)13(9-10)15(17-19)11-4-6-12(16)7-5-11/h3-9,18-19H,2H2,1H3/b17-15+. The van der Waals surface area contributed by atoms with Gasteiger partial charge < -0.3 is 10.3 Å². The van der Waals surface area contributed by atoms with E-state index in [1.807, 2.05) is 19.1 Å². The number of benzene rings is 2. The topological polar surface area (TPSA) is 52.8 Å². The summed E-state index contributed by atoms with van der Waals surface area (Å²) in [5, 5.41) is 23.1. The van der Waals surface area contributed by atoms with Gasteiger partial charge >= 0.3 is 0 Å².